The molecule has 5 N–H and O–H groups in total. The number of halogens is 1. The van der Waals surface area contributed by atoms with Crippen LogP contribution in [-0.4, -0.2) is 21.7 Å². The molecule has 16 heavy (non-hydrogen) atoms. The monoisotopic (exact) mass is 228 g/mol. The van der Waals surface area contributed by atoms with E-state index >= 15 is 0 Å². The number of benzene rings is 1. The molecule has 1 aromatic rings. The summed E-state index contributed by atoms with van der Waals surface area (Å²) in [5.41, 5.74) is 1.30. The second-order valence-electron chi connectivity index (χ2n) is 3.74. The van der Waals surface area contributed by atoms with Crippen LogP contribution < -0.4 is 11.3 Å². The minimum atomic E-state index is -1.36. The Balaban J connectivity index is 2.95. The summed E-state index contributed by atoms with van der Waals surface area (Å²) >= 11 is 0. The Bertz CT molecular complexity index is 411. The van der Waals surface area contributed by atoms with Crippen LogP contribution in [0, 0.1) is 5.82 Å². The molecule has 0 heterocycles. The lowest BCUT2D eigenvalue weighted by molar-refractivity contribution is -0.144. The van der Waals surface area contributed by atoms with Crippen molar-refractivity contribution in [3.05, 3.63) is 29.6 Å². The second-order valence-corrected chi connectivity index (χ2v) is 3.74. The van der Waals surface area contributed by atoms with E-state index in [9.17, 15) is 9.18 Å². The standard InChI is InChI=1S/C10H13FN2O3/c1-10(13-12,9(15)16)5-6-2-3-7(11)8(14)4-6/h2-4,13-14H,5,12H2,1H3,(H,15,16). The molecular formula is C10H13FN2O3. The zero-order valence-corrected chi connectivity index (χ0v) is 8.70. The van der Waals surface area contributed by atoms with Crippen molar-refractivity contribution in [1.29, 1.82) is 0 Å². The number of hydrogen-bond donors (Lipinski definition) is 4. The Morgan fingerprint density at radius 3 is 2.69 bits per heavy atom. The highest BCUT2D eigenvalue weighted by Crippen LogP contribution is 2.20. The summed E-state index contributed by atoms with van der Waals surface area (Å²) < 4.78 is 12.8. The predicted molar refractivity (Wildman–Crippen MR) is 55.1 cm³/mol. The number of nitrogens with one attached hydrogen (secondary N) is 1. The van der Waals surface area contributed by atoms with Crippen LogP contribution >= 0.6 is 0 Å². The van der Waals surface area contributed by atoms with E-state index in [0.29, 0.717) is 5.56 Å². The third-order valence-electron chi connectivity index (χ3n) is 2.36. The lowest BCUT2D eigenvalue weighted by Crippen LogP contribution is -2.54. The summed E-state index contributed by atoms with van der Waals surface area (Å²) in [7, 11) is 0. The van der Waals surface area contributed by atoms with Gasteiger partial charge in [-0.15, -0.1) is 0 Å². The maximum absolute atomic E-state index is 12.8. The summed E-state index contributed by atoms with van der Waals surface area (Å²) in [4.78, 5) is 10.9. The van der Waals surface area contributed by atoms with Gasteiger partial charge in [0.05, 0.1) is 0 Å². The maximum atomic E-state index is 12.8. The number of nitrogens with two attached hydrogens (primary N) is 1. The molecule has 0 fully saturated rings. The molecule has 1 rings (SSSR count). The number of phenols is 1. The molecule has 0 saturated carbocycles. The highest BCUT2D eigenvalue weighted by Gasteiger charge is 2.32. The van der Waals surface area contributed by atoms with Gasteiger partial charge in [0.2, 0.25) is 0 Å². The molecule has 0 aromatic heterocycles. The molecule has 6 heteroatoms. The Hall–Kier alpha value is -1.66. The number of rotatable bonds is 4. The van der Waals surface area contributed by atoms with Gasteiger partial charge in [0.1, 0.15) is 5.54 Å². The van der Waals surface area contributed by atoms with Crippen molar-refractivity contribution in [2.75, 3.05) is 0 Å². The Labute approximate surface area is 91.7 Å². The van der Waals surface area contributed by atoms with Crippen LogP contribution in [0.1, 0.15) is 12.5 Å². The molecule has 1 atom stereocenters. The van der Waals surface area contributed by atoms with Crippen LogP contribution in [0.25, 0.3) is 0 Å². The molecule has 0 aliphatic rings. The van der Waals surface area contributed by atoms with E-state index < -0.39 is 23.1 Å². The fourth-order valence-corrected chi connectivity index (χ4v) is 1.26. The normalized spacial score (nSPS) is 14.4. The highest BCUT2D eigenvalue weighted by atomic mass is 19.1. The van der Waals surface area contributed by atoms with Crippen molar-refractivity contribution >= 4 is 5.97 Å². The SMILES string of the molecule is CC(Cc1ccc(F)c(O)c1)(NN)C(=O)O. The minimum Gasteiger partial charge on any atom is -0.505 e. The Kier molecular flexibility index (Phi) is 3.46. The lowest BCUT2D eigenvalue weighted by Gasteiger charge is -2.23. The van der Waals surface area contributed by atoms with E-state index in [4.69, 9.17) is 16.1 Å². The number of hydrogen-bond acceptors (Lipinski definition) is 4. The third kappa shape index (κ3) is 2.47. The summed E-state index contributed by atoms with van der Waals surface area (Å²) in [6.07, 6.45) is 0.0344. The van der Waals surface area contributed by atoms with Crippen LogP contribution in [0.15, 0.2) is 18.2 Å². The summed E-state index contributed by atoms with van der Waals surface area (Å²) in [6.45, 7) is 1.40. The quantitative estimate of drug-likeness (QED) is 0.441. The molecule has 1 unspecified atom stereocenters. The van der Waals surface area contributed by atoms with Gasteiger partial charge in [0, 0.05) is 6.42 Å². The van der Waals surface area contributed by atoms with E-state index in [1.807, 2.05) is 0 Å². The Morgan fingerprint density at radius 1 is 1.62 bits per heavy atom. The summed E-state index contributed by atoms with van der Waals surface area (Å²) in [5.74, 6) is 2.77. The largest absolute Gasteiger partial charge is 0.505 e. The molecule has 0 bridgehead atoms. The van der Waals surface area contributed by atoms with Crippen LogP contribution in [0.2, 0.25) is 0 Å². The molecule has 0 amide bonds. The van der Waals surface area contributed by atoms with E-state index in [2.05, 4.69) is 5.43 Å². The number of phenolic OH excluding ortho intramolecular Hbond substituents is 1. The maximum Gasteiger partial charge on any atom is 0.325 e. The number of carboxylic acid groups (broad SMARTS) is 1. The van der Waals surface area contributed by atoms with E-state index in [-0.39, 0.29) is 6.42 Å². The third-order valence-corrected chi connectivity index (χ3v) is 2.36. The van der Waals surface area contributed by atoms with Gasteiger partial charge in [-0.05, 0) is 24.6 Å². The summed E-state index contributed by atoms with van der Waals surface area (Å²) in [6, 6.07) is 3.64. The van der Waals surface area contributed by atoms with Crippen molar-refractivity contribution in [2.45, 2.75) is 18.9 Å². The lowest BCUT2D eigenvalue weighted by atomic mass is 9.93. The molecule has 0 spiro atoms. The predicted octanol–water partition coefficient (Wildman–Crippen LogP) is 0.380. The van der Waals surface area contributed by atoms with Crippen molar-refractivity contribution in [2.24, 2.45) is 5.84 Å². The van der Waals surface area contributed by atoms with Gasteiger partial charge < -0.3 is 10.2 Å². The van der Waals surface area contributed by atoms with Gasteiger partial charge in [-0.1, -0.05) is 6.07 Å². The zero-order valence-electron chi connectivity index (χ0n) is 8.70. The van der Waals surface area contributed by atoms with Gasteiger partial charge in [-0.25, -0.2) is 9.82 Å². The molecular weight excluding hydrogens is 215 g/mol. The number of carboxylic acids is 1. The molecule has 0 saturated heterocycles. The molecule has 1 aromatic carbocycles. The average molecular weight is 228 g/mol. The first-order chi connectivity index (χ1) is 7.39. The topological polar surface area (TPSA) is 95.6 Å². The minimum absolute atomic E-state index is 0.0344. The fourth-order valence-electron chi connectivity index (χ4n) is 1.26. The van der Waals surface area contributed by atoms with Crippen molar-refractivity contribution in [3.8, 4) is 5.75 Å². The Morgan fingerprint density at radius 2 is 2.25 bits per heavy atom. The van der Waals surface area contributed by atoms with E-state index in [0.717, 1.165) is 6.07 Å². The zero-order chi connectivity index (χ0) is 12.3. The summed E-state index contributed by atoms with van der Waals surface area (Å²) in [5, 5.41) is 18.1. The molecule has 88 valence electrons. The molecule has 0 aliphatic carbocycles. The van der Waals surface area contributed by atoms with Crippen LogP contribution in [0.3, 0.4) is 0 Å². The highest BCUT2D eigenvalue weighted by molar-refractivity contribution is 5.78. The first-order valence-corrected chi connectivity index (χ1v) is 4.57. The van der Waals surface area contributed by atoms with Crippen molar-refractivity contribution in [3.63, 3.8) is 0 Å². The molecule has 0 aliphatic heterocycles. The number of aliphatic carboxylic acids is 1. The first kappa shape index (κ1) is 12.4. The van der Waals surface area contributed by atoms with Gasteiger partial charge in [0.15, 0.2) is 11.6 Å². The van der Waals surface area contributed by atoms with E-state index in [1.165, 1.54) is 19.1 Å². The van der Waals surface area contributed by atoms with Gasteiger partial charge in [0.25, 0.3) is 0 Å². The van der Waals surface area contributed by atoms with Crippen molar-refractivity contribution in [1.82, 2.24) is 5.43 Å². The smallest absolute Gasteiger partial charge is 0.325 e. The average Bonchev–Trinajstić information content (AvgIpc) is 2.23. The van der Waals surface area contributed by atoms with Crippen LogP contribution in [-0.2, 0) is 11.2 Å². The second kappa shape index (κ2) is 4.46. The van der Waals surface area contributed by atoms with Gasteiger partial charge >= 0.3 is 5.97 Å². The number of aromatic hydroxyl groups is 1. The van der Waals surface area contributed by atoms with Crippen molar-refractivity contribution < 1.29 is 19.4 Å². The van der Waals surface area contributed by atoms with Crippen LogP contribution in [0.4, 0.5) is 4.39 Å². The first-order valence-electron chi connectivity index (χ1n) is 4.57. The number of hydrazine groups is 1. The van der Waals surface area contributed by atoms with Gasteiger partial charge in [-0.2, -0.15) is 0 Å². The van der Waals surface area contributed by atoms with E-state index in [1.54, 1.807) is 0 Å². The fraction of sp³-hybridized carbons (Fsp3) is 0.300. The molecule has 5 nitrogen and oxygen atoms in total. The number of carbonyl (C=O) groups is 1. The van der Waals surface area contributed by atoms with Crippen LogP contribution in [0.5, 0.6) is 5.75 Å². The molecule has 0 radical (unpaired) electrons. The van der Waals surface area contributed by atoms with Gasteiger partial charge in [-0.3, -0.25) is 10.6 Å².